The lowest BCUT2D eigenvalue weighted by molar-refractivity contribution is -0.233. The van der Waals surface area contributed by atoms with Gasteiger partial charge in [-0.1, -0.05) is 30.3 Å². The van der Waals surface area contributed by atoms with Crippen LogP contribution >= 0.6 is 0 Å². The van der Waals surface area contributed by atoms with Crippen LogP contribution < -0.4 is 21.3 Å². The molecule has 17 nitrogen and oxygen atoms in total. The van der Waals surface area contributed by atoms with Crippen molar-refractivity contribution in [3.05, 3.63) is 89.2 Å². The van der Waals surface area contributed by atoms with E-state index in [0.29, 0.717) is 76.4 Å². The van der Waals surface area contributed by atoms with Crippen LogP contribution in [0.3, 0.4) is 0 Å². The second-order valence-corrected chi connectivity index (χ2v) is 18.3. The van der Waals surface area contributed by atoms with Gasteiger partial charge in [-0.05, 0) is 131 Å². The van der Waals surface area contributed by atoms with Gasteiger partial charge in [0.1, 0.15) is 11.6 Å². The van der Waals surface area contributed by atoms with E-state index in [1.807, 2.05) is 37.3 Å². The summed E-state index contributed by atoms with van der Waals surface area (Å²) >= 11 is 0. The summed E-state index contributed by atoms with van der Waals surface area (Å²) in [5.41, 5.74) is 3.46. The van der Waals surface area contributed by atoms with E-state index in [9.17, 15) is 51.4 Å². The van der Waals surface area contributed by atoms with E-state index < -0.39 is 59.3 Å². The Hall–Kier alpha value is -7.06. The minimum Gasteiger partial charge on any atom is -0.465 e. The number of hydrogen-bond acceptors (Lipinski definition) is 10. The number of hydrogen-bond donors (Lipinski definition) is 6. The summed E-state index contributed by atoms with van der Waals surface area (Å²) in [6.07, 6.45) is 2.01. The third kappa shape index (κ3) is 12.9. The number of likely N-dealkylation sites (tertiary alicyclic amines) is 1. The summed E-state index contributed by atoms with van der Waals surface area (Å²) in [5, 5.41) is 26.1. The summed E-state index contributed by atoms with van der Waals surface area (Å²) in [4.78, 5) is 80.6. The number of H-pyrrole nitrogens is 1. The third-order valence-electron chi connectivity index (χ3n) is 12.1. The van der Waals surface area contributed by atoms with Crippen LogP contribution in [-0.2, 0) is 36.2 Å². The number of benzene rings is 3. The van der Waals surface area contributed by atoms with Crippen LogP contribution in [0.25, 0.3) is 22.5 Å². The Morgan fingerprint density at radius 3 is 2.10 bits per heavy atom. The summed E-state index contributed by atoms with van der Waals surface area (Å²) in [6, 6.07) is 17.1. The highest BCUT2D eigenvalue weighted by Crippen LogP contribution is 2.42. The van der Waals surface area contributed by atoms with Crippen molar-refractivity contribution in [2.75, 3.05) is 32.1 Å². The minimum absolute atomic E-state index is 0.0832. The molecule has 0 bridgehead atoms. The number of halogens is 4. The number of aromatic nitrogens is 3. The van der Waals surface area contributed by atoms with E-state index in [1.54, 1.807) is 32.9 Å². The standard InChI is InChI=1S/C48H56F4N8O9/c1-27-24-33(40(62)54-35-20-22-60(23-21-35)45(66)67)16-19-36(27)30-10-6-28(7-11-30)25-37(56-39(61)32-12-8-29(9-13-32)26-53-44(65)69-46(2,3)4)41(63)55-34-17-14-31(15-18-34)38-57-42(59-58-38)47(49,50)48(51,52)43(64)68-5/h6-7,10-11,14-19,24,29,32,35,37H,8-9,12-13,20-23,25-26H2,1-5H3,(H,53,65)(H,54,62)(H,55,63)(H,56,61)(H,66,67)(H,57,58,59)/t29-,32-,37-/m0/s1. The van der Waals surface area contributed by atoms with Crippen LogP contribution in [0.1, 0.15) is 86.6 Å². The first kappa shape index (κ1) is 51.3. The van der Waals surface area contributed by atoms with Gasteiger partial charge in [-0.3, -0.25) is 19.5 Å². The molecule has 2 heterocycles. The topological polar surface area (TPSA) is 234 Å². The molecule has 1 aliphatic heterocycles. The van der Waals surface area contributed by atoms with Crippen molar-refractivity contribution in [2.45, 2.75) is 102 Å². The second-order valence-electron chi connectivity index (χ2n) is 18.3. The molecule has 1 aromatic heterocycles. The number of alkyl halides is 4. The lowest BCUT2D eigenvalue weighted by Crippen LogP contribution is -2.48. The Morgan fingerprint density at radius 1 is 0.870 bits per heavy atom. The maximum Gasteiger partial charge on any atom is 0.412 e. The highest BCUT2D eigenvalue weighted by atomic mass is 19.3. The van der Waals surface area contributed by atoms with Gasteiger partial charge in [0.05, 0.1) is 7.11 Å². The van der Waals surface area contributed by atoms with Gasteiger partial charge in [-0.2, -0.15) is 22.7 Å². The van der Waals surface area contributed by atoms with Crippen molar-refractivity contribution < 1.29 is 60.9 Å². The number of carboxylic acid groups (broad SMARTS) is 1. The molecule has 6 rings (SSSR count). The predicted molar refractivity (Wildman–Crippen MR) is 243 cm³/mol. The van der Waals surface area contributed by atoms with Crippen LogP contribution in [0.15, 0.2) is 66.7 Å². The van der Waals surface area contributed by atoms with Crippen molar-refractivity contribution in [1.29, 1.82) is 0 Å². The number of aromatic amines is 1. The van der Waals surface area contributed by atoms with E-state index in [0.717, 1.165) is 16.7 Å². The number of amides is 5. The van der Waals surface area contributed by atoms with E-state index in [-0.39, 0.29) is 47.3 Å². The van der Waals surface area contributed by atoms with E-state index in [2.05, 4.69) is 41.2 Å². The molecule has 6 N–H and O–H groups in total. The molecule has 0 radical (unpaired) electrons. The Labute approximate surface area is 395 Å². The highest BCUT2D eigenvalue weighted by molar-refractivity contribution is 5.98. The van der Waals surface area contributed by atoms with Gasteiger partial charge < -0.3 is 40.7 Å². The summed E-state index contributed by atoms with van der Waals surface area (Å²) in [5.74, 6) is -16.2. The van der Waals surface area contributed by atoms with Crippen LogP contribution in [0, 0.1) is 18.8 Å². The smallest absolute Gasteiger partial charge is 0.412 e. The normalized spacial score (nSPS) is 17.3. The number of anilines is 1. The fourth-order valence-corrected chi connectivity index (χ4v) is 8.21. The Bertz CT molecular complexity index is 2500. The zero-order chi connectivity index (χ0) is 50.3. The van der Waals surface area contributed by atoms with Crippen LogP contribution in [-0.4, -0.2) is 111 Å². The number of nitrogens with zero attached hydrogens (tertiary/aromatic N) is 3. The summed E-state index contributed by atoms with van der Waals surface area (Å²) in [6.45, 7) is 8.30. The minimum atomic E-state index is -5.25. The number of piperidine rings is 1. The summed E-state index contributed by atoms with van der Waals surface area (Å²) < 4.78 is 66.6. The van der Waals surface area contributed by atoms with Crippen molar-refractivity contribution >= 4 is 41.6 Å². The molecule has 0 spiro atoms. The number of rotatable bonds is 15. The summed E-state index contributed by atoms with van der Waals surface area (Å²) in [7, 11) is 0.542. The van der Waals surface area contributed by atoms with E-state index in [4.69, 9.17) is 4.74 Å². The second kappa shape index (κ2) is 21.5. The van der Waals surface area contributed by atoms with E-state index in [1.165, 1.54) is 29.2 Å². The molecule has 1 saturated carbocycles. The third-order valence-corrected chi connectivity index (χ3v) is 12.1. The molecule has 21 heteroatoms. The number of aryl methyl sites for hydroxylation is 1. The first-order chi connectivity index (χ1) is 32.5. The number of methoxy groups -OCH3 is 1. The van der Waals surface area contributed by atoms with Crippen LogP contribution in [0.2, 0.25) is 0 Å². The molecule has 1 aliphatic carbocycles. The van der Waals surface area contributed by atoms with Gasteiger partial charge in [0, 0.05) is 54.8 Å². The highest BCUT2D eigenvalue weighted by Gasteiger charge is 2.66. The number of alkyl carbamates (subject to hydrolysis) is 1. The molecule has 2 fully saturated rings. The molecule has 69 heavy (non-hydrogen) atoms. The number of carbonyl (C=O) groups excluding carboxylic acids is 5. The number of ether oxygens (including phenoxy) is 2. The van der Waals surface area contributed by atoms with Crippen molar-refractivity contribution in [3.63, 3.8) is 0 Å². The average Bonchev–Trinajstić information content (AvgIpc) is 3.82. The quantitative estimate of drug-likeness (QED) is 0.0514. The van der Waals surface area contributed by atoms with Crippen molar-refractivity contribution in [1.82, 2.24) is 36.0 Å². The zero-order valence-corrected chi connectivity index (χ0v) is 38.8. The number of esters is 1. The average molecular weight is 965 g/mol. The lowest BCUT2D eigenvalue weighted by Gasteiger charge is -2.30. The van der Waals surface area contributed by atoms with Crippen molar-refractivity contribution in [2.24, 2.45) is 11.8 Å². The first-order valence-corrected chi connectivity index (χ1v) is 22.5. The predicted octanol–water partition coefficient (Wildman–Crippen LogP) is 7.22. The SMILES string of the molecule is COC(=O)C(F)(F)C(F)(F)c1n[nH]c(-c2ccc(NC(=O)[C@H](Cc3ccc(-c4ccc(C(=O)NC5CCN(C(=O)O)CC5)cc4C)cc3)NC(=O)[C@H]3CC[C@H](CNC(=O)OC(C)(C)C)CC3)cc2)n1. The molecule has 4 aromatic rings. The Balaban J connectivity index is 1.13. The fraction of sp³-hybridized carbons (Fsp3) is 0.458. The molecular weight excluding hydrogens is 909 g/mol. The van der Waals surface area contributed by atoms with E-state index >= 15 is 0 Å². The maximum atomic E-state index is 14.6. The van der Waals surface area contributed by atoms with Gasteiger partial charge in [-0.25, -0.2) is 19.4 Å². The van der Waals surface area contributed by atoms with Gasteiger partial charge in [0.2, 0.25) is 17.6 Å². The molecule has 5 amide bonds. The fourth-order valence-electron chi connectivity index (χ4n) is 8.21. The zero-order valence-electron chi connectivity index (χ0n) is 38.8. The Morgan fingerprint density at radius 2 is 1.51 bits per heavy atom. The van der Waals surface area contributed by atoms with Gasteiger partial charge in [0.25, 0.3) is 5.91 Å². The van der Waals surface area contributed by atoms with Crippen LogP contribution in [0.5, 0.6) is 0 Å². The van der Waals surface area contributed by atoms with Crippen LogP contribution in [0.4, 0.5) is 32.8 Å². The Kier molecular flexibility index (Phi) is 16.0. The maximum absolute atomic E-state index is 14.6. The molecular formula is C48H56F4N8O9. The number of carbonyl (C=O) groups is 6. The van der Waals surface area contributed by atoms with Gasteiger partial charge in [-0.15, -0.1) is 0 Å². The monoisotopic (exact) mass is 964 g/mol. The molecule has 1 atom stereocenters. The molecule has 1 saturated heterocycles. The lowest BCUT2D eigenvalue weighted by atomic mass is 9.81. The molecule has 0 unspecified atom stereocenters. The largest absolute Gasteiger partial charge is 0.465 e. The van der Waals surface area contributed by atoms with Crippen molar-refractivity contribution in [3.8, 4) is 22.5 Å². The number of nitrogens with one attached hydrogen (secondary N) is 5. The van der Waals surface area contributed by atoms with Gasteiger partial charge >= 0.3 is 30.0 Å². The molecule has 3 aromatic carbocycles. The molecule has 2 aliphatic rings. The first-order valence-electron chi connectivity index (χ1n) is 22.5. The molecule has 370 valence electrons. The van der Waals surface area contributed by atoms with Gasteiger partial charge in [0.15, 0.2) is 5.82 Å².